The van der Waals surface area contributed by atoms with Crippen LogP contribution in [0.15, 0.2) is 23.4 Å². The van der Waals surface area contributed by atoms with E-state index in [2.05, 4.69) is 4.98 Å². The number of primary amides is 1. The van der Waals surface area contributed by atoms with Crippen LogP contribution in [0.3, 0.4) is 0 Å². The maximum Gasteiger partial charge on any atom is 0.313 e. The number of amides is 1. The van der Waals surface area contributed by atoms with Crippen molar-refractivity contribution in [3.05, 3.63) is 35.3 Å². The van der Waals surface area contributed by atoms with Gasteiger partial charge in [0.25, 0.3) is 0 Å². The number of imidazole rings is 1. The third-order valence-electron chi connectivity index (χ3n) is 5.04. The molecule has 0 fully saturated rings. The van der Waals surface area contributed by atoms with Crippen molar-refractivity contribution < 1.29 is 27.2 Å². The van der Waals surface area contributed by atoms with Gasteiger partial charge in [0.15, 0.2) is 11.5 Å². The van der Waals surface area contributed by atoms with Crippen molar-refractivity contribution in [2.45, 2.75) is 30.5 Å². The molecule has 0 bridgehead atoms. The first-order valence-corrected chi connectivity index (χ1v) is 10.3. The lowest BCUT2D eigenvalue weighted by molar-refractivity contribution is -0.119. The first-order valence-electron chi connectivity index (χ1n) is 8.91. The van der Waals surface area contributed by atoms with Gasteiger partial charge in [0.1, 0.15) is 5.82 Å². The lowest BCUT2D eigenvalue weighted by Crippen LogP contribution is -2.37. The summed E-state index contributed by atoms with van der Waals surface area (Å²) in [6, 6.07) is 3.28. The number of methoxy groups -OCH3 is 2. The molecule has 1 amide bonds. The van der Waals surface area contributed by atoms with Gasteiger partial charge in [0.05, 0.1) is 20.3 Å². The topological polar surface area (TPSA) is 137 Å². The van der Waals surface area contributed by atoms with Crippen molar-refractivity contribution in [1.82, 2.24) is 14.5 Å². The molecule has 158 valence electrons. The van der Waals surface area contributed by atoms with Crippen LogP contribution >= 0.6 is 0 Å². The minimum Gasteiger partial charge on any atom is -0.493 e. The number of fused-ring (bicyclic) bond motifs is 1. The molecule has 1 aromatic heterocycles. The molecule has 3 N–H and O–H groups in total. The van der Waals surface area contributed by atoms with E-state index in [-0.39, 0.29) is 6.42 Å². The smallest absolute Gasteiger partial charge is 0.313 e. The standard InChI is InChI=1S/C18H24N4O6S/c1-21-10-17(29(24,25)26)20-18(21)13(8-16(19)23)22-5-4-11-6-14(27-2)15(28-3)7-12(11)9-22/h6-7,10,13H,4-5,8-9H2,1-3H3,(H2,19,23)(H,24,25,26). The lowest BCUT2D eigenvalue weighted by atomic mass is 9.96. The number of aromatic nitrogens is 2. The molecular weight excluding hydrogens is 400 g/mol. The number of nitrogens with two attached hydrogens (primary N) is 1. The largest absolute Gasteiger partial charge is 0.493 e. The third-order valence-corrected chi connectivity index (χ3v) is 5.76. The van der Waals surface area contributed by atoms with Crippen LogP contribution in [0.2, 0.25) is 0 Å². The van der Waals surface area contributed by atoms with E-state index in [1.807, 2.05) is 17.0 Å². The number of aryl methyl sites for hydroxylation is 1. The number of rotatable bonds is 7. The number of benzene rings is 1. The fourth-order valence-electron chi connectivity index (χ4n) is 3.63. The molecular formula is C18H24N4O6S. The van der Waals surface area contributed by atoms with Crippen molar-refractivity contribution in [3.8, 4) is 11.5 Å². The summed E-state index contributed by atoms with van der Waals surface area (Å²) in [5.74, 6) is 1.05. The molecule has 29 heavy (non-hydrogen) atoms. The van der Waals surface area contributed by atoms with E-state index >= 15 is 0 Å². The molecule has 11 heteroatoms. The van der Waals surface area contributed by atoms with Crippen molar-refractivity contribution in [2.75, 3.05) is 20.8 Å². The van der Waals surface area contributed by atoms with E-state index in [0.29, 0.717) is 36.8 Å². The van der Waals surface area contributed by atoms with E-state index in [1.165, 1.54) is 10.8 Å². The van der Waals surface area contributed by atoms with Gasteiger partial charge in [-0.05, 0) is 29.7 Å². The van der Waals surface area contributed by atoms with Crippen molar-refractivity contribution in [1.29, 1.82) is 0 Å². The minimum absolute atomic E-state index is 0.0433. The molecule has 0 aliphatic carbocycles. The SMILES string of the molecule is COc1cc2c(cc1OC)CN(C(CC(N)=O)c1nc(S(=O)(=O)O)cn1C)CC2. The summed E-state index contributed by atoms with van der Waals surface area (Å²) in [4.78, 5) is 17.8. The molecule has 1 atom stereocenters. The summed E-state index contributed by atoms with van der Waals surface area (Å²) in [7, 11) is 0.289. The molecule has 2 heterocycles. The van der Waals surface area contributed by atoms with Gasteiger partial charge < -0.3 is 19.8 Å². The zero-order valence-electron chi connectivity index (χ0n) is 16.5. The van der Waals surface area contributed by atoms with Crippen LogP contribution in [0, 0.1) is 0 Å². The Morgan fingerprint density at radius 2 is 1.90 bits per heavy atom. The quantitative estimate of drug-likeness (QED) is 0.619. The van der Waals surface area contributed by atoms with Crippen molar-refractivity contribution >= 4 is 16.0 Å². The highest BCUT2D eigenvalue weighted by Crippen LogP contribution is 2.36. The maximum atomic E-state index is 11.7. The zero-order chi connectivity index (χ0) is 21.3. The van der Waals surface area contributed by atoms with Gasteiger partial charge in [-0.1, -0.05) is 0 Å². The summed E-state index contributed by atoms with van der Waals surface area (Å²) in [6.07, 6.45) is 1.86. The number of carbonyl (C=O) groups is 1. The highest BCUT2D eigenvalue weighted by molar-refractivity contribution is 7.85. The molecule has 1 aliphatic rings. The Kier molecular flexibility index (Phi) is 5.82. The second-order valence-corrected chi connectivity index (χ2v) is 8.27. The van der Waals surface area contributed by atoms with E-state index in [9.17, 15) is 17.8 Å². The Bertz CT molecular complexity index is 1030. The molecule has 10 nitrogen and oxygen atoms in total. The molecule has 1 unspecified atom stereocenters. The second kappa shape index (κ2) is 8.01. The van der Waals surface area contributed by atoms with Crippen molar-refractivity contribution in [2.24, 2.45) is 12.8 Å². The monoisotopic (exact) mass is 424 g/mol. The van der Waals surface area contributed by atoms with Gasteiger partial charge in [0.2, 0.25) is 10.9 Å². The summed E-state index contributed by atoms with van der Waals surface area (Å²) >= 11 is 0. The van der Waals surface area contributed by atoms with E-state index < -0.39 is 27.1 Å². The summed E-state index contributed by atoms with van der Waals surface area (Å²) in [5, 5.41) is -0.465. The Hall–Kier alpha value is -2.63. The average molecular weight is 424 g/mol. The van der Waals surface area contributed by atoms with Gasteiger partial charge in [-0.3, -0.25) is 14.2 Å². The lowest BCUT2D eigenvalue weighted by Gasteiger charge is -2.35. The fourth-order valence-corrected chi connectivity index (χ4v) is 4.13. The van der Waals surface area contributed by atoms with Gasteiger partial charge >= 0.3 is 10.1 Å². The van der Waals surface area contributed by atoms with Gasteiger partial charge in [-0.2, -0.15) is 8.42 Å². The first-order chi connectivity index (χ1) is 13.6. The normalized spacial score (nSPS) is 15.6. The Morgan fingerprint density at radius 3 is 2.41 bits per heavy atom. The Labute approximate surface area is 169 Å². The molecule has 0 spiro atoms. The van der Waals surface area contributed by atoms with Crippen LogP contribution in [0.4, 0.5) is 0 Å². The Balaban J connectivity index is 1.98. The third kappa shape index (κ3) is 4.36. The van der Waals surface area contributed by atoms with Gasteiger partial charge in [-0.25, -0.2) is 4.98 Å². The maximum absolute atomic E-state index is 11.7. The van der Waals surface area contributed by atoms with Crippen LogP contribution < -0.4 is 15.2 Å². The van der Waals surface area contributed by atoms with Crippen LogP contribution in [0.5, 0.6) is 11.5 Å². The predicted molar refractivity (Wildman–Crippen MR) is 103 cm³/mol. The highest BCUT2D eigenvalue weighted by atomic mass is 32.2. The summed E-state index contributed by atoms with van der Waals surface area (Å²) in [6.45, 7) is 1.09. The van der Waals surface area contributed by atoms with E-state index in [4.69, 9.17) is 15.2 Å². The number of hydrogen-bond donors (Lipinski definition) is 2. The van der Waals surface area contributed by atoms with E-state index in [1.54, 1.807) is 21.3 Å². The van der Waals surface area contributed by atoms with Crippen LogP contribution in [-0.2, 0) is 34.9 Å². The van der Waals surface area contributed by atoms with Crippen molar-refractivity contribution in [3.63, 3.8) is 0 Å². The minimum atomic E-state index is -4.46. The molecule has 0 saturated heterocycles. The van der Waals surface area contributed by atoms with Crippen LogP contribution in [0.25, 0.3) is 0 Å². The molecule has 0 radical (unpaired) electrons. The second-order valence-electron chi connectivity index (χ2n) is 6.91. The number of hydrogen-bond acceptors (Lipinski definition) is 7. The van der Waals surface area contributed by atoms with Crippen LogP contribution in [-0.4, -0.2) is 54.1 Å². The molecule has 2 aromatic rings. The summed E-state index contributed by atoms with van der Waals surface area (Å²) < 4.78 is 44.4. The average Bonchev–Trinajstić information content (AvgIpc) is 3.06. The van der Waals surface area contributed by atoms with E-state index in [0.717, 1.165) is 11.1 Å². The van der Waals surface area contributed by atoms with Gasteiger partial charge in [-0.15, -0.1) is 0 Å². The molecule has 1 aromatic carbocycles. The Morgan fingerprint density at radius 1 is 1.28 bits per heavy atom. The first kappa shape index (κ1) is 21.1. The number of nitrogens with zero attached hydrogens (tertiary/aromatic N) is 3. The molecule has 0 saturated carbocycles. The molecule has 1 aliphatic heterocycles. The summed E-state index contributed by atoms with van der Waals surface area (Å²) in [5.41, 5.74) is 7.57. The predicted octanol–water partition coefficient (Wildman–Crippen LogP) is 0.659. The van der Waals surface area contributed by atoms with Crippen LogP contribution in [0.1, 0.15) is 29.4 Å². The molecule has 3 rings (SSSR count). The number of ether oxygens (including phenoxy) is 2. The van der Waals surface area contributed by atoms with Gasteiger partial charge in [0, 0.05) is 32.8 Å². The number of carbonyl (C=O) groups excluding carboxylic acids is 1. The fraction of sp³-hybridized carbons (Fsp3) is 0.444. The highest BCUT2D eigenvalue weighted by Gasteiger charge is 2.31. The zero-order valence-corrected chi connectivity index (χ0v) is 17.3.